The topological polar surface area (TPSA) is 78.5 Å². The Morgan fingerprint density at radius 3 is 2.81 bits per heavy atom. The Balaban J connectivity index is 1.47. The van der Waals surface area contributed by atoms with Crippen molar-refractivity contribution in [2.45, 2.75) is 20.4 Å². The zero-order chi connectivity index (χ0) is 18.3. The number of aryl methyl sites for hydroxylation is 1. The average Bonchev–Trinajstić information content (AvgIpc) is 3.32. The number of ether oxygens (including phenoxy) is 2. The first kappa shape index (κ1) is 16.7. The molecule has 1 amide bonds. The van der Waals surface area contributed by atoms with Gasteiger partial charge < -0.3 is 19.2 Å². The van der Waals surface area contributed by atoms with Crippen LogP contribution in [0.3, 0.4) is 0 Å². The number of nitrogens with one attached hydrogen (secondary N) is 1. The quantitative estimate of drug-likeness (QED) is 0.696. The van der Waals surface area contributed by atoms with Gasteiger partial charge in [-0.1, -0.05) is 0 Å². The summed E-state index contributed by atoms with van der Waals surface area (Å²) >= 11 is 3.50. The molecular formula is C18H16BrN3O4. The Morgan fingerprint density at radius 2 is 2.04 bits per heavy atom. The van der Waals surface area contributed by atoms with E-state index in [1.807, 2.05) is 18.5 Å². The second-order valence-corrected chi connectivity index (χ2v) is 6.72. The molecule has 0 spiro atoms. The first-order valence-corrected chi connectivity index (χ1v) is 8.80. The van der Waals surface area contributed by atoms with Crippen LogP contribution in [0.15, 0.2) is 39.2 Å². The second-order valence-electron chi connectivity index (χ2n) is 5.93. The molecule has 0 saturated heterocycles. The van der Waals surface area contributed by atoms with Gasteiger partial charge in [-0.2, -0.15) is 5.10 Å². The summed E-state index contributed by atoms with van der Waals surface area (Å²) in [5, 5.41) is 7.24. The number of nitrogens with zero attached hydrogens (tertiary/aromatic N) is 2. The summed E-state index contributed by atoms with van der Waals surface area (Å²) in [6.45, 7) is 4.55. The largest absolute Gasteiger partial charge is 0.454 e. The Morgan fingerprint density at radius 1 is 1.23 bits per heavy atom. The summed E-state index contributed by atoms with van der Waals surface area (Å²) in [4.78, 5) is 12.4. The summed E-state index contributed by atoms with van der Waals surface area (Å²) in [5.41, 5.74) is 2.53. The lowest BCUT2D eigenvalue weighted by molar-refractivity contribution is 0.0994. The molecule has 8 heteroatoms. The number of hydrogen-bond donors (Lipinski definition) is 1. The van der Waals surface area contributed by atoms with E-state index >= 15 is 0 Å². The number of carbonyl (C=O) groups excluding carboxylic acids is 1. The van der Waals surface area contributed by atoms with Crippen LogP contribution >= 0.6 is 15.9 Å². The third-order valence-corrected chi connectivity index (χ3v) is 5.26. The van der Waals surface area contributed by atoms with Gasteiger partial charge in [0.2, 0.25) is 6.79 Å². The van der Waals surface area contributed by atoms with E-state index in [0.717, 1.165) is 15.9 Å². The fraction of sp³-hybridized carbons (Fsp3) is 0.222. The predicted molar refractivity (Wildman–Crippen MR) is 97.7 cm³/mol. The van der Waals surface area contributed by atoms with Crippen LogP contribution in [0.4, 0.5) is 5.69 Å². The molecule has 1 aliphatic rings. The summed E-state index contributed by atoms with van der Waals surface area (Å²) < 4.78 is 19.0. The minimum atomic E-state index is -0.329. The summed E-state index contributed by atoms with van der Waals surface area (Å²) in [7, 11) is 0. The highest BCUT2D eigenvalue weighted by atomic mass is 79.9. The normalized spacial score (nSPS) is 12.4. The first-order chi connectivity index (χ1) is 12.5. The van der Waals surface area contributed by atoms with E-state index in [-0.39, 0.29) is 18.5 Å². The molecule has 3 heterocycles. The minimum absolute atomic E-state index is 0.191. The van der Waals surface area contributed by atoms with Crippen LogP contribution in [0, 0.1) is 13.8 Å². The lowest BCUT2D eigenvalue weighted by Crippen LogP contribution is -2.11. The van der Waals surface area contributed by atoms with Crippen molar-refractivity contribution in [1.29, 1.82) is 0 Å². The predicted octanol–water partition coefficient (Wildman–Crippen LogP) is 3.88. The summed E-state index contributed by atoms with van der Waals surface area (Å²) in [6, 6.07) is 8.66. The van der Waals surface area contributed by atoms with Crippen molar-refractivity contribution in [2.75, 3.05) is 12.1 Å². The zero-order valence-electron chi connectivity index (χ0n) is 14.2. The molecule has 2 aromatic heterocycles. The molecule has 0 fully saturated rings. The van der Waals surface area contributed by atoms with Crippen LogP contribution in [0.25, 0.3) is 0 Å². The highest BCUT2D eigenvalue weighted by molar-refractivity contribution is 9.10. The van der Waals surface area contributed by atoms with Gasteiger partial charge in [0.05, 0.1) is 22.4 Å². The molecule has 3 aromatic rings. The second kappa shape index (κ2) is 6.53. The molecule has 1 aromatic carbocycles. The van der Waals surface area contributed by atoms with Gasteiger partial charge in [0, 0.05) is 11.8 Å². The molecule has 0 unspecified atom stereocenters. The lowest BCUT2D eigenvalue weighted by atomic mass is 10.2. The maximum atomic E-state index is 12.4. The van der Waals surface area contributed by atoms with Gasteiger partial charge in [-0.3, -0.25) is 9.48 Å². The third-order valence-electron chi connectivity index (χ3n) is 4.11. The SMILES string of the molecule is Cc1nn(Cc2ccc(C(=O)Nc3ccc4c(c3)OCO4)o2)c(C)c1Br. The van der Waals surface area contributed by atoms with E-state index in [2.05, 4.69) is 26.3 Å². The Hall–Kier alpha value is -2.74. The fourth-order valence-corrected chi connectivity index (χ4v) is 3.01. The number of benzene rings is 1. The molecule has 1 N–H and O–H groups in total. The van der Waals surface area contributed by atoms with E-state index < -0.39 is 0 Å². The molecule has 7 nitrogen and oxygen atoms in total. The minimum Gasteiger partial charge on any atom is -0.454 e. The van der Waals surface area contributed by atoms with E-state index in [0.29, 0.717) is 29.5 Å². The smallest absolute Gasteiger partial charge is 0.291 e. The molecule has 1 aliphatic heterocycles. The van der Waals surface area contributed by atoms with Crippen molar-refractivity contribution in [3.05, 3.63) is 57.7 Å². The van der Waals surface area contributed by atoms with Crippen molar-refractivity contribution >= 4 is 27.5 Å². The van der Waals surface area contributed by atoms with Gasteiger partial charge in [0.15, 0.2) is 17.3 Å². The van der Waals surface area contributed by atoms with Crippen molar-refractivity contribution in [3.63, 3.8) is 0 Å². The molecule has 0 aliphatic carbocycles. The first-order valence-electron chi connectivity index (χ1n) is 8.00. The Bertz CT molecular complexity index is 992. The number of halogens is 1. The number of anilines is 1. The molecule has 26 heavy (non-hydrogen) atoms. The van der Waals surface area contributed by atoms with Gasteiger partial charge in [-0.25, -0.2) is 0 Å². The van der Waals surface area contributed by atoms with Crippen molar-refractivity contribution < 1.29 is 18.7 Å². The Kier molecular flexibility index (Phi) is 4.20. The van der Waals surface area contributed by atoms with Crippen LogP contribution in [-0.2, 0) is 6.54 Å². The lowest BCUT2D eigenvalue weighted by Gasteiger charge is -2.05. The van der Waals surface area contributed by atoms with Gasteiger partial charge in [0.25, 0.3) is 5.91 Å². The van der Waals surface area contributed by atoms with E-state index in [9.17, 15) is 4.79 Å². The maximum absolute atomic E-state index is 12.4. The number of carbonyl (C=O) groups is 1. The van der Waals surface area contributed by atoms with Crippen LogP contribution in [0.5, 0.6) is 11.5 Å². The van der Waals surface area contributed by atoms with Crippen LogP contribution in [0.1, 0.15) is 27.7 Å². The number of aromatic nitrogens is 2. The standard InChI is InChI=1S/C18H16BrN3O4/c1-10-17(19)11(2)22(21-10)8-13-4-6-15(26-13)18(23)20-12-3-5-14-16(7-12)25-9-24-14/h3-7H,8-9H2,1-2H3,(H,20,23). The van der Waals surface area contributed by atoms with Crippen molar-refractivity contribution in [3.8, 4) is 11.5 Å². The molecule has 4 rings (SSSR count). The highest BCUT2D eigenvalue weighted by Crippen LogP contribution is 2.34. The molecule has 0 bridgehead atoms. The van der Waals surface area contributed by atoms with Crippen molar-refractivity contribution in [2.24, 2.45) is 0 Å². The number of fused-ring (bicyclic) bond motifs is 1. The number of amides is 1. The number of rotatable bonds is 4. The van der Waals surface area contributed by atoms with Gasteiger partial charge >= 0.3 is 0 Å². The molecule has 134 valence electrons. The van der Waals surface area contributed by atoms with Crippen molar-refractivity contribution in [1.82, 2.24) is 9.78 Å². The molecular weight excluding hydrogens is 402 g/mol. The highest BCUT2D eigenvalue weighted by Gasteiger charge is 2.17. The van der Waals surface area contributed by atoms with Gasteiger partial charge in [-0.15, -0.1) is 0 Å². The van der Waals surface area contributed by atoms with Gasteiger partial charge in [-0.05, 0) is 54.0 Å². The van der Waals surface area contributed by atoms with E-state index in [4.69, 9.17) is 13.9 Å². The zero-order valence-corrected chi connectivity index (χ0v) is 15.8. The number of hydrogen-bond acceptors (Lipinski definition) is 5. The number of furan rings is 1. The van der Waals surface area contributed by atoms with E-state index in [1.54, 1.807) is 30.3 Å². The Labute approximate surface area is 158 Å². The molecule has 0 atom stereocenters. The van der Waals surface area contributed by atoms with E-state index in [1.165, 1.54) is 0 Å². The van der Waals surface area contributed by atoms with Crippen LogP contribution < -0.4 is 14.8 Å². The average molecular weight is 418 g/mol. The summed E-state index contributed by atoms with van der Waals surface area (Å²) in [6.07, 6.45) is 0. The monoisotopic (exact) mass is 417 g/mol. The van der Waals surface area contributed by atoms with Crippen LogP contribution in [-0.4, -0.2) is 22.5 Å². The third kappa shape index (κ3) is 3.08. The molecule has 0 radical (unpaired) electrons. The molecule has 0 saturated carbocycles. The fourth-order valence-electron chi connectivity index (χ4n) is 2.73. The summed E-state index contributed by atoms with van der Waals surface area (Å²) in [5.74, 6) is 1.83. The van der Waals surface area contributed by atoms with Crippen LogP contribution in [0.2, 0.25) is 0 Å². The maximum Gasteiger partial charge on any atom is 0.291 e. The van der Waals surface area contributed by atoms with Gasteiger partial charge in [0.1, 0.15) is 5.76 Å².